The Bertz CT molecular complexity index is 2080. The van der Waals surface area contributed by atoms with Gasteiger partial charge in [0, 0.05) is 37.8 Å². The molecule has 0 amide bonds. The molecule has 0 spiro atoms. The first-order valence-corrected chi connectivity index (χ1v) is 18.9. The molecule has 0 radical (unpaired) electrons. The summed E-state index contributed by atoms with van der Waals surface area (Å²) < 4.78 is 38.1. The van der Waals surface area contributed by atoms with E-state index in [-0.39, 0.29) is 34.4 Å². The predicted octanol–water partition coefficient (Wildman–Crippen LogP) is 7.87. The molecule has 0 unspecified atom stereocenters. The maximum atomic E-state index is 14.6. The van der Waals surface area contributed by atoms with E-state index in [4.69, 9.17) is 57.1 Å². The SMILES string of the molecule is COc1ccc(CN(Cc2ccc(OC)cc2)c2ncccc2[C@@H](C)N2CCOc3nc(Cl)c(Cl)c4nc(OC[C@@]56CCCN5C[C@H](F)C6)nc2c34)cc1. The summed E-state index contributed by atoms with van der Waals surface area (Å²) in [7, 11) is 3.33. The van der Waals surface area contributed by atoms with Crippen molar-refractivity contribution < 1.29 is 23.3 Å². The van der Waals surface area contributed by atoms with E-state index in [2.05, 4.69) is 56.9 Å². The van der Waals surface area contributed by atoms with Crippen molar-refractivity contribution in [3.63, 3.8) is 0 Å². The Kier molecular flexibility index (Phi) is 10.3. The van der Waals surface area contributed by atoms with Gasteiger partial charge in [-0.05, 0) is 67.8 Å². The Morgan fingerprint density at radius 1 is 0.963 bits per heavy atom. The summed E-state index contributed by atoms with van der Waals surface area (Å²) in [6.45, 7) is 5.62. The van der Waals surface area contributed by atoms with Gasteiger partial charge in [-0.25, -0.2) is 9.37 Å². The maximum Gasteiger partial charge on any atom is 0.319 e. The van der Waals surface area contributed by atoms with E-state index >= 15 is 0 Å². The topological polar surface area (TPSA) is 98.2 Å². The van der Waals surface area contributed by atoms with Crippen molar-refractivity contribution in [2.24, 2.45) is 0 Å². The smallest absolute Gasteiger partial charge is 0.319 e. The van der Waals surface area contributed by atoms with E-state index in [1.165, 1.54) is 0 Å². The average molecular weight is 775 g/mol. The van der Waals surface area contributed by atoms with Gasteiger partial charge in [0.05, 0.1) is 32.3 Å². The number of halogens is 3. The van der Waals surface area contributed by atoms with Crippen molar-refractivity contribution in [1.29, 1.82) is 0 Å². The third kappa shape index (κ3) is 7.02. The van der Waals surface area contributed by atoms with Crippen molar-refractivity contribution >= 4 is 45.7 Å². The van der Waals surface area contributed by atoms with Crippen LogP contribution in [0.25, 0.3) is 10.9 Å². The highest BCUT2D eigenvalue weighted by Crippen LogP contribution is 2.45. The predicted molar refractivity (Wildman–Crippen MR) is 207 cm³/mol. The number of alkyl halides is 1. The lowest BCUT2D eigenvalue weighted by Crippen LogP contribution is -2.43. The molecule has 2 aromatic carbocycles. The number of hydrogen-bond acceptors (Lipinski definition) is 11. The van der Waals surface area contributed by atoms with Crippen LogP contribution in [0.3, 0.4) is 0 Å². The Balaban J connectivity index is 1.18. The largest absolute Gasteiger partial charge is 0.497 e. The highest BCUT2D eigenvalue weighted by Gasteiger charge is 2.49. The molecule has 54 heavy (non-hydrogen) atoms. The van der Waals surface area contributed by atoms with Crippen LogP contribution in [0.1, 0.15) is 48.9 Å². The van der Waals surface area contributed by atoms with E-state index in [9.17, 15) is 4.39 Å². The van der Waals surface area contributed by atoms with Crippen molar-refractivity contribution in [2.75, 3.05) is 56.9 Å². The van der Waals surface area contributed by atoms with Crippen molar-refractivity contribution in [1.82, 2.24) is 24.8 Å². The number of hydrogen-bond donors (Lipinski definition) is 0. The van der Waals surface area contributed by atoms with Crippen LogP contribution in [0.5, 0.6) is 23.4 Å². The van der Waals surface area contributed by atoms with Gasteiger partial charge in [-0.3, -0.25) is 4.90 Å². The molecule has 282 valence electrons. The zero-order valence-corrected chi connectivity index (χ0v) is 32.0. The number of nitrogens with zero attached hydrogens (tertiary/aromatic N) is 7. The lowest BCUT2D eigenvalue weighted by Gasteiger charge is -2.34. The first-order chi connectivity index (χ1) is 26.2. The van der Waals surface area contributed by atoms with Crippen LogP contribution >= 0.6 is 23.2 Å². The first-order valence-electron chi connectivity index (χ1n) is 18.2. The second kappa shape index (κ2) is 15.2. The van der Waals surface area contributed by atoms with E-state index in [1.54, 1.807) is 14.2 Å². The zero-order valence-electron chi connectivity index (χ0n) is 30.5. The molecule has 0 bridgehead atoms. The molecule has 2 saturated heterocycles. The van der Waals surface area contributed by atoms with Crippen molar-refractivity contribution in [3.8, 4) is 23.4 Å². The summed E-state index contributed by atoms with van der Waals surface area (Å²) in [5, 5.41) is 0.805. The number of benzene rings is 2. The summed E-state index contributed by atoms with van der Waals surface area (Å²) in [5.41, 5.74) is 3.18. The van der Waals surface area contributed by atoms with Crippen LogP contribution in [-0.2, 0) is 13.1 Å². The fourth-order valence-corrected chi connectivity index (χ4v) is 8.45. The molecule has 6 heterocycles. The zero-order chi connectivity index (χ0) is 37.4. The van der Waals surface area contributed by atoms with Crippen molar-refractivity contribution in [3.05, 3.63) is 93.7 Å². The quantitative estimate of drug-likeness (QED) is 0.116. The lowest BCUT2D eigenvalue weighted by molar-refractivity contribution is 0.107. The number of fused-ring (bicyclic) bond motifs is 1. The number of anilines is 2. The summed E-state index contributed by atoms with van der Waals surface area (Å²) in [6, 6.07) is 20.1. The number of ether oxygens (including phenoxy) is 4. The van der Waals surface area contributed by atoms with Crippen molar-refractivity contribution in [2.45, 2.75) is 57.0 Å². The third-order valence-electron chi connectivity index (χ3n) is 10.8. The van der Waals surface area contributed by atoms with Crippen LogP contribution in [0, 0.1) is 0 Å². The number of aromatic nitrogens is 4. The standard InChI is InChI=1S/C40H42Cl2FN7O4/c1-25(31-6-4-16-44-36(31)48(21-26-7-11-29(51-2)12-8-26)22-27-9-13-30(52-3)14-10-27)50-18-19-53-38-32-34(33(41)35(42)46-38)45-39(47-37(32)50)54-24-40-15-5-17-49(40)23-28(43)20-40/h4,6-14,16,25,28H,5,15,17-24H2,1-3H3/t25-,28-,40+/m1/s1. The average Bonchev–Trinajstić information content (AvgIpc) is 3.66. The fraction of sp³-hybridized carbons (Fsp3) is 0.400. The van der Waals surface area contributed by atoms with Gasteiger partial charge in [0.2, 0.25) is 5.88 Å². The van der Waals surface area contributed by atoms with Gasteiger partial charge in [-0.1, -0.05) is 53.5 Å². The van der Waals surface area contributed by atoms with E-state index in [0.717, 1.165) is 53.4 Å². The van der Waals surface area contributed by atoms with Crippen LogP contribution in [0.4, 0.5) is 16.0 Å². The Labute approximate surface area is 323 Å². The summed E-state index contributed by atoms with van der Waals surface area (Å²) in [5.74, 6) is 3.27. The minimum atomic E-state index is -0.880. The molecule has 8 rings (SSSR count). The minimum absolute atomic E-state index is 0.0788. The second-order valence-electron chi connectivity index (χ2n) is 14.1. The molecule has 3 atom stereocenters. The van der Waals surface area contributed by atoms with Gasteiger partial charge in [0.15, 0.2) is 5.15 Å². The maximum absolute atomic E-state index is 14.6. The minimum Gasteiger partial charge on any atom is -0.497 e. The highest BCUT2D eigenvalue weighted by molar-refractivity contribution is 6.44. The number of rotatable bonds is 12. The summed E-state index contributed by atoms with van der Waals surface area (Å²) in [4.78, 5) is 25.9. The van der Waals surface area contributed by atoms with E-state index in [0.29, 0.717) is 61.8 Å². The van der Waals surface area contributed by atoms with E-state index in [1.807, 2.05) is 36.5 Å². The Morgan fingerprint density at radius 2 is 1.67 bits per heavy atom. The van der Waals surface area contributed by atoms with E-state index < -0.39 is 6.17 Å². The lowest BCUT2D eigenvalue weighted by atomic mass is 9.95. The monoisotopic (exact) mass is 773 g/mol. The highest BCUT2D eigenvalue weighted by atomic mass is 35.5. The second-order valence-corrected chi connectivity index (χ2v) is 14.9. The number of pyridine rings is 2. The van der Waals surface area contributed by atoms with Crippen LogP contribution in [0.15, 0.2) is 66.9 Å². The van der Waals surface area contributed by atoms with Gasteiger partial charge in [0.1, 0.15) is 58.4 Å². The summed E-state index contributed by atoms with van der Waals surface area (Å²) >= 11 is 13.3. The Morgan fingerprint density at radius 3 is 2.35 bits per heavy atom. The van der Waals surface area contributed by atoms with Gasteiger partial charge < -0.3 is 28.7 Å². The third-order valence-corrected chi connectivity index (χ3v) is 11.6. The van der Waals surface area contributed by atoms with Gasteiger partial charge in [0.25, 0.3) is 0 Å². The molecule has 11 nitrogen and oxygen atoms in total. The molecule has 5 aromatic rings. The van der Waals surface area contributed by atoms with Gasteiger partial charge in [-0.15, -0.1) is 0 Å². The molecule has 2 fully saturated rings. The first kappa shape index (κ1) is 36.3. The molecular formula is C40H42Cl2FN7O4. The molecule has 3 aliphatic heterocycles. The molecule has 0 saturated carbocycles. The summed E-state index contributed by atoms with van der Waals surface area (Å²) in [6.07, 6.45) is 3.23. The van der Waals surface area contributed by atoms with Gasteiger partial charge in [-0.2, -0.15) is 15.0 Å². The number of methoxy groups -OCH3 is 2. The molecule has 0 aliphatic carbocycles. The van der Waals surface area contributed by atoms with Gasteiger partial charge >= 0.3 is 6.01 Å². The Hall–Kier alpha value is -4.65. The molecular weight excluding hydrogens is 732 g/mol. The normalized spacial score (nSPS) is 20.0. The van der Waals surface area contributed by atoms with Crippen LogP contribution < -0.4 is 28.7 Å². The molecule has 3 aromatic heterocycles. The molecule has 3 aliphatic rings. The van der Waals surface area contributed by atoms with Crippen LogP contribution in [0.2, 0.25) is 10.2 Å². The fourth-order valence-electron chi connectivity index (χ4n) is 8.10. The molecule has 0 N–H and O–H groups in total. The molecule has 14 heteroatoms. The van der Waals surface area contributed by atoms with Crippen LogP contribution in [-0.4, -0.2) is 83.6 Å².